The normalized spacial score (nSPS) is 10.8. The third-order valence-corrected chi connectivity index (χ3v) is 6.24. The van der Waals surface area contributed by atoms with Gasteiger partial charge in [-0.05, 0) is 48.5 Å². The van der Waals surface area contributed by atoms with E-state index >= 15 is 0 Å². The Labute approximate surface area is 193 Å². The maximum absolute atomic E-state index is 13.0. The van der Waals surface area contributed by atoms with Crippen LogP contribution < -0.4 is 25.3 Å². The fourth-order valence-corrected chi connectivity index (χ4v) is 4.44. The van der Waals surface area contributed by atoms with Crippen LogP contribution in [0.3, 0.4) is 0 Å². The Kier molecular flexibility index (Phi) is 6.07. The Morgan fingerprint density at radius 3 is 2.41 bits per heavy atom. The summed E-state index contributed by atoms with van der Waals surface area (Å²) < 4.78 is 16.0. The minimum absolute atomic E-state index is 0.360. The third kappa shape index (κ3) is 4.02. The predicted octanol–water partition coefficient (Wildman–Crippen LogP) is 5.48. The molecule has 7 nitrogen and oxygen atoms in total. The van der Waals surface area contributed by atoms with Crippen LogP contribution in [0.5, 0.6) is 17.2 Å². The van der Waals surface area contributed by atoms with Gasteiger partial charge in [-0.3, -0.25) is 4.79 Å². The van der Waals surface area contributed by atoms with Crippen LogP contribution in [0, 0.1) is 0 Å². The number of fused-ring (bicyclic) bond motifs is 1. The number of carbonyl (C=O) groups excluding carboxylic acids is 1. The van der Waals surface area contributed by atoms with Gasteiger partial charge in [-0.15, -0.1) is 11.3 Å². The molecule has 0 saturated heterocycles. The first-order valence-corrected chi connectivity index (χ1v) is 10.7. The molecule has 0 bridgehead atoms. The number of amides is 1. The number of nitrogen functional groups attached to an aromatic ring is 1. The molecule has 164 valence electrons. The van der Waals surface area contributed by atoms with Gasteiger partial charge in [0.25, 0.3) is 5.91 Å². The third-order valence-electron chi connectivity index (χ3n) is 4.89. The molecule has 9 heteroatoms. The zero-order chi connectivity index (χ0) is 22.8. The molecule has 0 aliphatic rings. The second-order valence-corrected chi connectivity index (χ2v) is 8.20. The number of hydrogen-bond donors (Lipinski definition) is 2. The molecule has 0 spiro atoms. The monoisotopic (exact) mass is 469 g/mol. The molecule has 2 aromatic carbocycles. The van der Waals surface area contributed by atoms with Crippen molar-refractivity contribution < 1.29 is 19.0 Å². The maximum Gasteiger partial charge on any atom is 0.268 e. The van der Waals surface area contributed by atoms with Gasteiger partial charge in [0, 0.05) is 16.0 Å². The molecule has 4 rings (SSSR count). The van der Waals surface area contributed by atoms with Gasteiger partial charge in [-0.1, -0.05) is 11.6 Å². The van der Waals surface area contributed by atoms with E-state index in [1.165, 1.54) is 18.4 Å². The van der Waals surface area contributed by atoms with E-state index in [-0.39, 0.29) is 5.91 Å². The van der Waals surface area contributed by atoms with Crippen LogP contribution in [0.25, 0.3) is 21.5 Å². The Bertz CT molecular complexity index is 1320. The number of rotatable bonds is 6. The molecule has 0 unspecified atom stereocenters. The van der Waals surface area contributed by atoms with E-state index in [0.717, 1.165) is 11.3 Å². The van der Waals surface area contributed by atoms with E-state index in [9.17, 15) is 4.79 Å². The van der Waals surface area contributed by atoms with Crippen LogP contribution in [0.15, 0.2) is 48.5 Å². The topological polar surface area (TPSA) is 95.7 Å². The number of thiophene rings is 1. The van der Waals surface area contributed by atoms with Crippen molar-refractivity contribution in [3.8, 4) is 28.5 Å². The Morgan fingerprint density at radius 2 is 1.69 bits per heavy atom. The molecule has 0 aliphatic heterocycles. The number of carbonyl (C=O) groups is 1. The summed E-state index contributed by atoms with van der Waals surface area (Å²) >= 11 is 7.28. The SMILES string of the molecule is COc1ccc(Cl)cc1NC(=O)c1sc2nc(-c3ccc(OC)c(OC)c3)ccc2c1N. The lowest BCUT2D eigenvalue weighted by molar-refractivity contribution is 0.103. The van der Waals surface area contributed by atoms with Gasteiger partial charge in [0.15, 0.2) is 11.5 Å². The summed E-state index contributed by atoms with van der Waals surface area (Å²) in [6, 6.07) is 14.3. The van der Waals surface area contributed by atoms with E-state index in [1.807, 2.05) is 30.3 Å². The van der Waals surface area contributed by atoms with Crippen LogP contribution in [-0.4, -0.2) is 32.2 Å². The van der Waals surface area contributed by atoms with Gasteiger partial charge >= 0.3 is 0 Å². The lowest BCUT2D eigenvalue weighted by Crippen LogP contribution is -2.12. The number of nitrogens with one attached hydrogen (secondary N) is 1. The first-order chi connectivity index (χ1) is 15.4. The highest BCUT2D eigenvalue weighted by atomic mass is 35.5. The number of methoxy groups -OCH3 is 3. The van der Waals surface area contributed by atoms with Gasteiger partial charge in [-0.2, -0.15) is 0 Å². The summed E-state index contributed by atoms with van der Waals surface area (Å²) in [5.74, 6) is 1.37. The van der Waals surface area contributed by atoms with Crippen LogP contribution in [0.2, 0.25) is 5.02 Å². The number of nitrogens with zero attached hydrogens (tertiary/aromatic N) is 1. The molecule has 32 heavy (non-hydrogen) atoms. The minimum atomic E-state index is -0.362. The van der Waals surface area contributed by atoms with Crippen molar-refractivity contribution in [2.75, 3.05) is 32.4 Å². The van der Waals surface area contributed by atoms with Crippen LogP contribution in [-0.2, 0) is 0 Å². The van der Waals surface area contributed by atoms with Crippen molar-refractivity contribution in [2.24, 2.45) is 0 Å². The first kappa shape index (κ1) is 21.7. The molecule has 2 heterocycles. The predicted molar refractivity (Wildman–Crippen MR) is 129 cm³/mol. The molecule has 0 aliphatic carbocycles. The second-order valence-electron chi connectivity index (χ2n) is 6.76. The van der Waals surface area contributed by atoms with E-state index < -0.39 is 0 Å². The molecule has 0 saturated carbocycles. The largest absolute Gasteiger partial charge is 0.495 e. The van der Waals surface area contributed by atoms with Crippen molar-refractivity contribution in [2.45, 2.75) is 0 Å². The van der Waals surface area contributed by atoms with Crippen molar-refractivity contribution in [1.29, 1.82) is 0 Å². The molecule has 2 aromatic heterocycles. The Hall–Kier alpha value is -3.49. The molecule has 1 amide bonds. The molecule has 4 aromatic rings. The van der Waals surface area contributed by atoms with Gasteiger partial charge < -0.3 is 25.3 Å². The highest BCUT2D eigenvalue weighted by Gasteiger charge is 2.19. The maximum atomic E-state index is 13.0. The summed E-state index contributed by atoms with van der Waals surface area (Å²) in [6.07, 6.45) is 0. The van der Waals surface area contributed by atoms with E-state index in [4.69, 9.17) is 36.5 Å². The zero-order valence-corrected chi connectivity index (χ0v) is 19.1. The number of anilines is 2. The summed E-state index contributed by atoms with van der Waals surface area (Å²) in [6.45, 7) is 0. The number of nitrogens with two attached hydrogens (primary N) is 1. The summed E-state index contributed by atoms with van der Waals surface area (Å²) in [5, 5.41) is 4.01. The molecular weight excluding hydrogens is 450 g/mol. The molecular formula is C23H20ClN3O4S. The molecule has 0 radical (unpaired) electrons. The molecule has 0 atom stereocenters. The highest BCUT2D eigenvalue weighted by Crippen LogP contribution is 2.37. The zero-order valence-electron chi connectivity index (χ0n) is 17.6. The highest BCUT2D eigenvalue weighted by molar-refractivity contribution is 7.21. The number of ether oxygens (including phenoxy) is 3. The van der Waals surface area contributed by atoms with Crippen molar-refractivity contribution >= 4 is 50.4 Å². The average molecular weight is 470 g/mol. The van der Waals surface area contributed by atoms with Crippen LogP contribution in [0.4, 0.5) is 11.4 Å². The smallest absolute Gasteiger partial charge is 0.268 e. The fraction of sp³-hybridized carbons (Fsp3) is 0.130. The minimum Gasteiger partial charge on any atom is -0.495 e. The van der Waals surface area contributed by atoms with E-state index in [1.54, 1.807) is 32.4 Å². The molecule has 3 N–H and O–H groups in total. The lowest BCUT2D eigenvalue weighted by atomic mass is 10.1. The Morgan fingerprint density at radius 1 is 0.969 bits per heavy atom. The van der Waals surface area contributed by atoms with Gasteiger partial charge in [0.1, 0.15) is 15.5 Å². The lowest BCUT2D eigenvalue weighted by Gasteiger charge is -2.10. The number of pyridine rings is 1. The summed E-state index contributed by atoms with van der Waals surface area (Å²) in [7, 11) is 4.69. The number of benzene rings is 2. The quantitative estimate of drug-likeness (QED) is 0.388. The van der Waals surface area contributed by atoms with Gasteiger partial charge in [-0.25, -0.2) is 4.98 Å². The van der Waals surface area contributed by atoms with Gasteiger partial charge in [0.05, 0.1) is 38.4 Å². The van der Waals surface area contributed by atoms with Crippen molar-refractivity contribution in [3.63, 3.8) is 0 Å². The molecule has 0 fully saturated rings. The van der Waals surface area contributed by atoms with Crippen molar-refractivity contribution in [3.05, 3.63) is 58.4 Å². The van der Waals surface area contributed by atoms with E-state index in [0.29, 0.717) is 48.7 Å². The fourth-order valence-electron chi connectivity index (χ4n) is 3.28. The van der Waals surface area contributed by atoms with Crippen LogP contribution in [0.1, 0.15) is 9.67 Å². The number of aromatic nitrogens is 1. The number of halogens is 1. The number of hydrogen-bond acceptors (Lipinski definition) is 7. The van der Waals surface area contributed by atoms with E-state index in [2.05, 4.69) is 5.32 Å². The Balaban J connectivity index is 1.69. The standard InChI is InChI=1S/C23H20ClN3O4S/c1-29-17-9-5-13(24)11-16(17)26-22(28)21-20(25)14-6-7-15(27-23(14)32-21)12-4-8-18(30-2)19(10-12)31-3/h4-11H,25H2,1-3H3,(H,26,28). The van der Waals surface area contributed by atoms with Crippen LogP contribution >= 0.6 is 22.9 Å². The second kappa shape index (κ2) is 8.94. The summed E-state index contributed by atoms with van der Waals surface area (Å²) in [4.78, 5) is 18.7. The first-order valence-electron chi connectivity index (χ1n) is 9.51. The average Bonchev–Trinajstić information content (AvgIpc) is 3.14. The summed E-state index contributed by atoms with van der Waals surface area (Å²) in [5.41, 5.74) is 8.69. The van der Waals surface area contributed by atoms with Gasteiger partial charge in [0.2, 0.25) is 0 Å². The van der Waals surface area contributed by atoms with Crippen molar-refractivity contribution in [1.82, 2.24) is 4.98 Å².